The second-order valence-electron chi connectivity index (χ2n) is 5.21. The Bertz CT molecular complexity index is 898. The van der Waals surface area contributed by atoms with Crippen LogP contribution >= 0.6 is 0 Å². The van der Waals surface area contributed by atoms with Gasteiger partial charge >= 0.3 is 12.3 Å². The first kappa shape index (κ1) is 16.9. The van der Waals surface area contributed by atoms with E-state index in [9.17, 15) is 18.0 Å². The van der Waals surface area contributed by atoms with Crippen LogP contribution in [0.25, 0.3) is 22.2 Å². The summed E-state index contributed by atoms with van der Waals surface area (Å²) in [5.41, 5.74) is 2.12. The fourth-order valence-corrected chi connectivity index (χ4v) is 2.60. The maximum absolute atomic E-state index is 12.4. The minimum absolute atomic E-state index is 0.218. The van der Waals surface area contributed by atoms with Gasteiger partial charge < -0.3 is 14.5 Å². The van der Waals surface area contributed by atoms with E-state index in [-0.39, 0.29) is 12.4 Å². The molecule has 4 nitrogen and oxygen atoms in total. The van der Waals surface area contributed by atoms with E-state index in [0.717, 1.165) is 5.52 Å². The van der Waals surface area contributed by atoms with Gasteiger partial charge in [0.05, 0.1) is 17.9 Å². The smallest absolute Gasteiger partial charge is 0.462 e. The van der Waals surface area contributed by atoms with Crippen molar-refractivity contribution >= 4 is 16.9 Å². The van der Waals surface area contributed by atoms with Crippen LogP contribution in [0, 0.1) is 0 Å². The number of H-pyrrole nitrogens is 1. The lowest BCUT2D eigenvalue weighted by molar-refractivity contribution is -0.274. The molecule has 0 saturated carbocycles. The number of esters is 1. The SMILES string of the molecule is CCOC(=O)c1c(-c2ccc(OC(F)(F)F)cc2)[nH]c2ccccc12. The number of fused-ring (bicyclic) bond motifs is 1. The van der Waals surface area contributed by atoms with E-state index in [0.29, 0.717) is 22.2 Å². The number of nitrogens with one attached hydrogen (secondary N) is 1. The van der Waals surface area contributed by atoms with Crippen molar-refractivity contribution in [1.82, 2.24) is 4.98 Å². The van der Waals surface area contributed by atoms with Crippen molar-refractivity contribution in [3.05, 3.63) is 54.1 Å². The second kappa shape index (κ2) is 6.51. The number of aromatic amines is 1. The molecule has 3 aromatic rings. The third kappa shape index (κ3) is 3.60. The van der Waals surface area contributed by atoms with E-state index in [1.807, 2.05) is 12.1 Å². The van der Waals surface area contributed by atoms with E-state index in [4.69, 9.17) is 4.74 Å². The van der Waals surface area contributed by atoms with Gasteiger partial charge in [-0.2, -0.15) is 0 Å². The van der Waals surface area contributed by atoms with Crippen LogP contribution in [-0.4, -0.2) is 23.9 Å². The van der Waals surface area contributed by atoms with Gasteiger partial charge in [0.25, 0.3) is 0 Å². The van der Waals surface area contributed by atoms with E-state index < -0.39 is 12.3 Å². The van der Waals surface area contributed by atoms with Crippen LogP contribution in [0.4, 0.5) is 13.2 Å². The number of hydrogen-bond acceptors (Lipinski definition) is 3. The Balaban J connectivity index is 2.06. The molecule has 0 unspecified atom stereocenters. The molecular formula is C18H14F3NO3. The lowest BCUT2D eigenvalue weighted by atomic mass is 10.1. The summed E-state index contributed by atoms with van der Waals surface area (Å²) < 4.78 is 45.8. The summed E-state index contributed by atoms with van der Waals surface area (Å²) in [6, 6.07) is 12.5. The monoisotopic (exact) mass is 349 g/mol. The highest BCUT2D eigenvalue weighted by atomic mass is 19.4. The summed E-state index contributed by atoms with van der Waals surface area (Å²) in [4.78, 5) is 15.5. The molecule has 0 atom stereocenters. The van der Waals surface area contributed by atoms with Gasteiger partial charge in [0, 0.05) is 10.9 Å². The molecule has 0 radical (unpaired) electrons. The molecule has 1 aromatic heterocycles. The first-order chi connectivity index (χ1) is 11.9. The number of hydrogen-bond donors (Lipinski definition) is 1. The predicted octanol–water partition coefficient (Wildman–Crippen LogP) is 4.91. The molecule has 25 heavy (non-hydrogen) atoms. The molecule has 3 rings (SSSR count). The van der Waals surface area contributed by atoms with Crippen LogP contribution in [0.2, 0.25) is 0 Å². The Labute approximate surface area is 141 Å². The fraction of sp³-hybridized carbons (Fsp3) is 0.167. The minimum Gasteiger partial charge on any atom is -0.462 e. The quantitative estimate of drug-likeness (QED) is 0.681. The zero-order valence-electron chi connectivity index (χ0n) is 13.2. The van der Waals surface area contributed by atoms with Crippen LogP contribution in [0.15, 0.2) is 48.5 Å². The molecule has 0 aliphatic carbocycles. The highest BCUT2D eigenvalue weighted by Crippen LogP contribution is 2.32. The maximum atomic E-state index is 12.4. The number of carbonyl (C=O) groups excluding carboxylic acids is 1. The van der Waals surface area contributed by atoms with Crippen molar-refractivity contribution in [3.63, 3.8) is 0 Å². The largest absolute Gasteiger partial charge is 0.573 e. The maximum Gasteiger partial charge on any atom is 0.573 e. The van der Waals surface area contributed by atoms with Gasteiger partial charge in [-0.25, -0.2) is 4.79 Å². The van der Waals surface area contributed by atoms with Gasteiger partial charge in [-0.15, -0.1) is 13.2 Å². The molecule has 1 N–H and O–H groups in total. The number of carbonyl (C=O) groups is 1. The molecule has 0 aliphatic rings. The molecular weight excluding hydrogens is 335 g/mol. The number of para-hydroxylation sites is 1. The molecule has 0 fully saturated rings. The molecule has 7 heteroatoms. The van der Waals surface area contributed by atoms with E-state index in [1.165, 1.54) is 24.3 Å². The van der Waals surface area contributed by atoms with E-state index >= 15 is 0 Å². The van der Waals surface area contributed by atoms with Gasteiger partial charge in [0.1, 0.15) is 5.75 Å². The number of alkyl halides is 3. The Morgan fingerprint density at radius 2 is 1.76 bits per heavy atom. The predicted molar refractivity (Wildman–Crippen MR) is 86.4 cm³/mol. The highest BCUT2D eigenvalue weighted by molar-refractivity contribution is 6.10. The second-order valence-corrected chi connectivity index (χ2v) is 5.21. The summed E-state index contributed by atoms with van der Waals surface area (Å²) in [6.07, 6.45) is -4.75. The Morgan fingerprint density at radius 3 is 2.40 bits per heavy atom. The van der Waals surface area contributed by atoms with Crippen molar-refractivity contribution in [2.45, 2.75) is 13.3 Å². The summed E-state index contributed by atoms with van der Waals surface area (Å²) in [7, 11) is 0. The molecule has 0 saturated heterocycles. The number of benzene rings is 2. The van der Waals surface area contributed by atoms with E-state index in [2.05, 4.69) is 9.72 Å². The number of rotatable bonds is 4. The summed E-state index contributed by atoms with van der Waals surface area (Å²) in [5.74, 6) is -0.824. The van der Waals surface area contributed by atoms with Crippen molar-refractivity contribution in [3.8, 4) is 17.0 Å². The molecule has 0 amide bonds. The van der Waals surface area contributed by atoms with Crippen molar-refractivity contribution in [2.75, 3.05) is 6.61 Å². The van der Waals surface area contributed by atoms with Gasteiger partial charge in [-0.1, -0.05) is 18.2 Å². The Kier molecular flexibility index (Phi) is 4.39. The van der Waals surface area contributed by atoms with Crippen molar-refractivity contribution in [1.29, 1.82) is 0 Å². The van der Waals surface area contributed by atoms with Gasteiger partial charge in [-0.05, 0) is 42.8 Å². The van der Waals surface area contributed by atoms with Gasteiger partial charge in [0.2, 0.25) is 0 Å². The number of halogens is 3. The molecule has 0 bridgehead atoms. The van der Waals surface area contributed by atoms with Crippen LogP contribution in [0.3, 0.4) is 0 Å². The third-order valence-corrected chi connectivity index (χ3v) is 3.56. The Hall–Kier alpha value is -2.96. The van der Waals surface area contributed by atoms with Crippen molar-refractivity contribution < 1.29 is 27.4 Å². The molecule has 2 aromatic carbocycles. The fourth-order valence-electron chi connectivity index (χ4n) is 2.60. The van der Waals surface area contributed by atoms with Crippen LogP contribution < -0.4 is 4.74 Å². The topological polar surface area (TPSA) is 51.3 Å². The Morgan fingerprint density at radius 1 is 1.08 bits per heavy atom. The van der Waals surface area contributed by atoms with Crippen LogP contribution in [0.1, 0.15) is 17.3 Å². The van der Waals surface area contributed by atoms with Gasteiger partial charge in [0.15, 0.2) is 0 Å². The summed E-state index contributed by atoms with van der Waals surface area (Å²) in [5, 5.41) is 0.687. The molecule has 130 valence electrons. The summed E-state index contributed by atoms with van der Waals surface area (Å²) >= 11 is 0. The van der Waals surface area contributed by atoms with Crippen LogP contribution in [0.5, 0.6) is 5.75 Å². The lowest BCUT2D eigenvalue weighted by Gasteiger charge is -2.09. The van der Waals surface area contributed by atoms with Gasteiger partial charge in [-0.3, -0.25) is 0 Å². The molecule has 0 spiro atoms. The highest BCUT2D eigenvalue weighted by Gasteiger charge is 2.31. The number of aromatic nitrogens is 1. The normalized spacial score (nSPS) is 11.5. The first-order valence-electron chi connectivity index (χ1n) is 7.53. The number of ether oxygens (including phenoxy) is 2. The molecule has 0 aliphatic heterocycles. The average molecular weight is 349 g/mol. The third-order valence-electron chi connectivity index (χ3n) is 3.56. The minimum atomic E-state index is -4.75. The zero-order valence-corrected chi connectivity index (χ0v) is 13.2. The average Bonchev–Trinajstić information content (AvgIpc) is 2.93. The zero-order chi connectivity index (χ0) is 18.0. The first-order valence-corrected chi connectivity index (χ1v) is 7.53. The standard InChI is InChI=1S/C18H14F3NO3/c1-2-24-17(23)15-13-5-3-4-6-14(13)22-16(15)11-7-9-12(10-8-11)25-18(19,20)21/h3-10,22H,2H2,1H3. The summed E-state index contributed by atoms with van der Waals surface area (Å²) in [6.45, 7) is 1.92. The van der Waals surface area contributed by atoms with Crippen LogP contribution in [-0.2, 0) is 4.74 Å². The lowest BCUT2D eigenvalue weighted by Crippen LogP contribution is -2.16. The van der Waals surface area contributed by atoms with Crippen molar-refractivity contribution in [2.24, 2.45) is 0 Å². The molecule has 1 heterocycles. The van der Waals surface area contributed by atoms with E-state index in [1.54, 1.807) is 19.1 Å².